The number of aryl methyl sites for hydroxylation is 2. The molecule has 94 valence electrons. The maximum atomic E-state index is 12.0. The fourth-order valence-electron chi connectivity index (χ4n) is 1.39. The summed E-state index contributed by atoms with van der Waals surface area (Å²) in [5.41, 5.74) is 1.70. The van der Waals surface area contributed by atoms with E-state index < -0.39 is 10.0 Å². The SMILES string of the molecule is Cc1ccc(S(=O)(=O)Nc2nccc(C)n2)cc1. The van der Waals surface area contributed by atoms with Crippen LogP contribution in [0.4, 0.5) is 5.95 Å². The number of nitrogens with zero attached hydrogens (tertiary/aromatic N) is 2. The van der Waals surface area contributed by atoms with E-state index in [1.807, 2.05) is 6.92 Å². The Morgan fingerprint density at radius 1 is 1.06 bits per heavy atom. The molecule has 0 amide bonds. The van der Waals surface area contributed by atoms with Crippen LogP contribution in [0.15, 0.2) is 41.4 Å². The van der Waals surface area contributed by atoms with Crippen LogP contribution in [-0.4, -0.2) is 18.4 Å². The molecule has 18 heavy (non-hydrogen) atoms. The number of hydrogen-bond acceptors (Lipinski definition) is 4. The van der Waals surface area contributed by atoms with Gasteiger partial charge in [0, 0.05) is 11.9 Å². The summed E-state index contributed by atoms with van der Waals surface area (Å²) in [4.78, 5) is 8.06. The van der Waals surface area contributed by atoms with E-state index in [-0.39, 0.29) is 10.8 Å². The van der Waals surface area contributed by atoms with Crippen LogP contribution in [0, 0.1) is 13.8 Å². The van der Waals surface area contributed by atoms with Crippen LogP contribution >= 0.6 is 0 Å². The van der Waals surface area contributed by atoms with Gasteiger partial charge in [-0.25, -0.2) is 23.1 Å². The van der Waals surface area contributed by atoms with Crippen molar-refractivity contribution in [2.45, 2.75) is 18.7 Å². The van der Waals surface area contributed by atoms with E-state index >= 15 is 0 Å². The van der Waals surface area contributed by atoms with Crippen molar-refractivity contribution in [1.82, 2.24) is 9.97 Å². The first-order chi connectivity index (χ1) is 8.47. The first-order valence-electron chi connectivity index (χ1n) is 5.36. The van der Waals surface area contributed by atoms with Gasteiger partial charge in [0.2, 0.25) is 5.95 Å². The van der Waals surface area contributed by atoms with E-state index in [9.17, 15) is 8.42 Å². The minimum Gasteiger partial charge on any atom is -0.247 e. The summed E-state index contributed by atoms with van der Waals surface area (Å²) in [7, 11) is -3.62. The van der Waals surface area contributed by atoms with Gasteiger partial charge in [0.05, 0.1) is 4.90 Å². The van der Waals surface area contributed by atoms with Crippen molar-refractivity contribution in [2.24, 2.45) is 0 Å². The monoisotopic (exact) mass is 263 g/mol. The zero-order valence-electron chi connectivity index (χ0n) is 10.1. The average Bonchev–Trinajstić information content (AvgIpc) is 2.29. The molecule has 0 unspecified atom stereocenters. The minimum atomic E-state index is -3.62. The Morgan fingerprint density at radius 3 is 2.33 bits per heavy atom. The molecule has 2 aromatic rings. The fraction of sp³-hybridized carbons (Fsp3) is 0.167. The lowest BCUT2D eigenvalue weighted by molar-refractivity contribution is 0.601. The third-order valence-electron chi connectivity index (χ3n) is 2.35. The molecule has 2 rings (SSSR count). The number of benzene rings is 1. The van der Waals surface area contributed by atoms with Gasteiger partial charge in [-0.2, -0.15) is 0 Å². The molecule has 0 fully saturated rings. The number of sulfonamides is 1. The molecule has 0 radical (unpaired) electrons. The topological polar surface area (TPSA) is 72.0 Å². The van der Waals surface area contributed by atoms with E-state index in [2.05, 4.69) is 14.7 Å². The highest BCUT2D eigenvalue weighted by atomic mass is 32.2. The Bertz CT molecular complexity index is 651. The number of hydrogen-bond donors (Lipinski definition) is 1. The summed E-state index contributed by atoms with van der Waals surface area (Å²) in [6.07, 6.45) is 1.51. The highest BCUT2D eigenvalue weighted by molar-refractivity contribution is 7.92. The van der Waals surface area contributed by atoms with Crippen molar-refractivity contribution in [3.63, 3.8) is 0 Å². The lowest BCUT2D eigenvalue weighted by atomic mass is 10.2. The molecule has 0 bridgehead atoms. The van der Waals surface area contributed by atoms with Gasteiger partial charge < -0.3 is 0 Å². The van der Waals surface area contributed by atoms with Crippen molar-refractivity contribution < 1.29 is 8.42 Å². The summed E-state index contributed by atoms with van der Waals surface area (Å²) in [6, 6.07) is 8.28. The van der Waals surface area contributed by atoms with Gasteiger partial charge in [-0.15, -0.1) is 0 Å². The zero-order valence-corrected chi connectivity index (χ0v) is 10.9. The number of anilines is 1. The lowest BCUT2D eigenvalue weighted by Crippen LogP contribution is -2.15. The van der Waals surface area contributed by atoms with E-state index in [1.54, 1.807) is 37.3 Å². The molecule has 0 aliphatic heterocycles. The Morgan fingerprint density at radius 2 is 1.72 bits per heavy atom. The summed E-state index contributed by atoms with van der Waals surface area (Å²) in [5, 5.41) is 0. The first-order valence-corrected chi connectivity index (χ1v) is 6.85. The number of aromatic nitrogens is 2. The minimum absolute atomic E-state index is 0.0792. The molecule has 0 spiro atoms. The molecule has 0 aliphatic rings. The van der Waals surface area contributed by atoms with Crippen LogP contribution in [0.1, 0.15) is 11.3 Å². The van der Waals surface area contributed by atoms with Crippen LogP contribution in [-0.2, 0) is 10.0 Å². The Balaban J connectivity index is 2.30. The molecule has 1 heterocycles. The van der Waals surface area contributed by atoms with Crippen LogP contribution in [0.25, 0.3) is 0 Å². The van der Waals surface area contributed by atoms with E-state index in [4.69, 9.17) is 0 Å². The molecular formula is C12H13N3O2S. The molecule has 0 aliphatic carbocycles. The molecule has 6 heteroatoms. The van der Waals surface area contributed by atoms with E-state index in [1.165, 1.54) is 6.20 Å². The van der Waals surface area contributed by atoms with Gasteiger partial charge in [-0.3, -0.25) is 0 Å². The predicted octanol–water partition coefficient (Wildman–Crippen LogP) is 1.89. The van der Waals surface area contributed by atoms with Crippen LogP contribution in [0.5, 0.6) is 0 Å². The standard InChI is InChI=1S/C12H13N3O2S/c1-9-3-5-11(6-4-9)18(16,17)15-12-13-8-7-10(2)14-12/h3-8H,1-2H3,(H,13,14,15). The summed E-state index contributed by atoms with van der Waals surface area (Å²) in [5.74, 6) is 0.0792. The Labute approximate surface area is 106 Å². The number of nitrogens with one attached hydrogen (secondary N) is 1. The first kappa shape index (κ1) is 12.5. The quantitative estimate of drug-likeness (QED) is 0.918. The van der Waals surface area contributed by atoms with Gasteiger partial charge >= 0.3 is 0 Å². The molecule has 0 saturated heterocycles. The molecule has 0 saturated carbocycles. The lowest BCUT2D eigenvalue weighted by Gasteiger charge is -2.06. The average molecular weight is 263 g/mol. The second-order valence-corrected chi connectivity index (χ2v) is 5.62. The van der Waals surface area contributed by atoms with Gasteiger partial charge in [-0.1, -0.05) is 17.7 Å². The Kier molecular flexibility index (Phi) is 3.29. The van der Waals surface area contributed by atoms with Crippen molar-refractivity contribution >= 4 is 16.0 Å². The molecular weight excluding hydrogens is 250 g/mol. The van der Waals surface area contributed by atoms with E-state index in [0.29, 0.717) is 5.69 Å². The summed E-state index contributed by atoms with van der Waals surface area (Å²) >= 11 is 0. The van der Waals surface area contributed by atoms with Crippen LogP contribution in [0.3, 0.4) is 0 Å². The second kappa shape index (κ2) is 4.73. The third-order valence-corrected chi connectivity index (χ3v) is 3.70. The zero-order chi connectivity index (χ0) is 13.2. The Hall–Kier alpha value is -1.95. The smallest absolute Gasteiger partial charge is 0.247 e. The maximum Gasteiger partial charge on any atom is 0.264 e. The van der Waals surface area contributed by atoms with E-state index in [0.717, 1.165) is 5.56 Å². The predicted molar refractivity (Wildman–Crippen MR) is 68.8 cm³/mol. The highest BCUT2D eigenvalue weighted by Crippen LogP contribution is 2.13. The normalized spacial score (nSPS) is 11.2. The third kappa shape index (κ3) is 2.84. The van der Waals surface area contributed by atoms with Crippen molar-refractivity contribution in [2.75, 3.05) is 4.72 Å². The molecule has 0 atom stereocenters. The molecule has 1 aromatic heterocycles. The maximum absolute atomic E-state index is 12.0. The largest absolute Gasteiger partial charge is 0.264 e. The van der Waals surface area contributed by atoms with Crippen molar-refractivity contribution in [3.05, 3.63) is 47.8 Å². The molecule has 1 aromatic carbocycles. The van der Waals surface area contributed by atoms with Crippen molar-refractivity contribution in [1.29, 1.82) is 0 Å². The highest BCUT2D eigenvalue weighted by Gasteiger charge is 2.15. The van der Waals surface area contributed by atoms with Gasteiger partial charge in [0.15, 0.2) is 0 Å². The number of rotatable bonds is 3. The molecule has 1 N–H and O–H groups in total. The van der Waals surface area contributed by atoms with Crippen LogP contribution < -0.4 is 4.72 Å². The van der Waals surface area contributed by atoms with Crippen molar-refractivity contribution in [3.8, 4) is 0 Å². The van der Waals surface area contributed by atoms with Crippen LogP contribution in [0.2, 0.25) is 0 Å². The van der Waals surface area contributed by atoms with Gasteiger partial charge in [0.25, 0.3) is 10.0 Å². The second-order valence-electron chi connectivity index (χ2n) is 3.94. The molecule has 5 nitrogen and oxygen atoms in total. The fourth-order valence-corrected chi connectivity index (χ4v) is 2.35. The van der Waals surface area contributed by atoms with Gasteiger partial charge in [-0.05, 0) is 32.0 Å². The summed E-state index contributed by atoms with van der Waals surface area (Å²) < 4.78 is 26.4. The van der Waals surface area contributed by atoms with Gasteiger partial charge in [0.1, 0.15) is 0 Å². The summed E-state index contributed by atoms with van der Waals surface area (Å²) in [6.45, 7) is 3.67.